The predicted molar refractivity (Wildman–Crippen MR) is 165 cm³/mol. The second kappa shape index (κ2) is 12.9. The molecule has 190 valence electrons. The largest absolute Gasteiger partial charge is 0.149 e. The van der Waals surface area contributed by atoms with Crippen LogP contribution in [0.3, 0.4) is 0 Å². The van der Waals surface area contributed by atoms with Gasteiger partial charge in [-0.1, -0.05) is 86.6 Å². The Morgan fingerprint density at radius 1 is 0.639 bits per heavy atom. The van der Waals surface area contributed by atoms with Gasteiger partial charge in [0.25, 0.3) is 0 Å². The highest BCUT2D eigenvalue weighted by atomic mass is 31.1. The third-order valence-corrected chi connectivity index (χ3v) is 10.3. The van der Waals surface area contributed by atoms with Crippen molar-refractivity contribution in [3.05, 3.63) is 76.3 Å². The Labute approximate surface area is 222 Å². The summed E-state index contributed by atoms with van der Waals surface area (Å²) < 4.78 is 0. The highest BCUT2D eigenvalue weighted by Crippen LogP contribution is 2.40. The SMILES string of the molecule is CCCCCCCCc1c(-c2ccc(C)cc2C)cc([P+]2=CCCCC2)cc1-c1ccc(C)cc1C. The molecule has 4 rings (SSSR count). The Morgan fingerprint density at radius 3 is 1.75 bits per heavy atom. The van der Waals surface area contributed by atoms with Crippen LogP contribution in [0.2, 0.25) is 0 Å². The van der Waals surface area contributed by atoms with Crippen molar-refractivity contribution >= 4 is 18.6 Å². The molecule has 0 nitrogen and oxygen atoms in total. The maximum Gasteiger partial charge on any atom is 0.149 e. The van der Waals surface area contributed by atoms with Crippen LogP contribution in [0, 0.1) is 27.7 Å². The van der Waals surface area contributed by atoms with E-state index in [0.717, 1.165) is 0 Å². The van der Waals surface area contributed by atoms with E-state index in [9.17, 15) is 0 Å². The lowest BCUT2D eigenvalue weighted by molar-refractivity contribution is 0.608. The van der Waals surface area contributed by atoms with E-state index in [1.807, 2.05) is 0 Å². The molecule has 0 saturated carbocycles. The molecule has 36 heavy (non-hydrogen) atoms. The van der Waals surface area contributed by atoms with E-state index < -0.39 is 0 Å². The Balaban J connectivity index is 1.87. The lowest BCUT2D eigenvalue weighted by atomic mass is 9.85. The molecular formula is C35H46P+. The zero-order valence-corrected chi connectivity index (χ0v) is 24.3. The van der Waals surface area contributed by atoms with Crippen LogP contribution in [0.5, 0.6) is 0 Å². The molecule has 1 aliphatic rings. The van der Waals surface area contributed by atoms with E-state index >= 15 is 0 Å². The maximum atomic E-state index is 2.65. The molecule has 1 aliphatic heterocycles. The van der Waals surface area contributed by atoms with Gasteiger partial charge < -0.3 is 0 Å². The Kier molecular flexibility index (Phi) is 9.61. The molecule has 0 radical (unpaired) electrons. The van der Waals surface area contributed by atoms with Crippen molar-refractivity contribution in [2.24, 2.45) is 0 Å². The van der Waals surface area contributed by atoms with Gasteiger partial charge in [-0.15, -0.1) is 0 Å². The molecular weight excluding hydrogens is 451 g/mol. The Morgan fingerprint density at radius 2 is 1.22 bits per heavy atom. The van der Waals surface area contributed by atoms with Gasteiger partial charge in [0, 0.05) is 6.42 Å². The van der Waals surface area contributed by atoms with E-state index in [1.54, 1.807) is 10.9 Å². The average Bonchev–Trinajstić information content (AvgIpc) is 2.87. The summed E-state index contributed by atoms with van der Waals surface area (Å²) in [5, 5.41) is 1.58. The number of hydrogen-bond acceptors (Lipinski definition) is 0. The zero-order chi connectivity index (χ0) is 25.5. The molecule has 0 N–H and O–H groups in total. The van der Waals surface area contributed by atoms with Crippen LogP contribution in [0.1, 0.15) is 92.5 Å². The van der Waals surface area contributed by atoms with Crippen LogP contribution < -0.4 is 5.30 Å². The topological polar surface area (TPSA) is 0 Å². The van der Waals surface area contributed by atoms with Crippen LogP contribution in [0.4, 0.5) is 0 Å². The lowest BCUT2D eigenvalue weighted by Crippen LogP contribution is -2.09. The van der Waals surface area contributed by atoms with Gasteiger partial charge in [-0.2, -0.15) is 0 Å². The van der Waals surface area contributed by atoms with Gasteiger partial charge in [0.2, 0.25) is 0 Å². The maximum absolute atomic E-state index is 2.65. The Bertz CT molecular complexity index is 1140. The Hall–Kier alpha value is -2.17. The molecule has 3 aromatic rings. The molecule has 0 spiro atoms. The molecule has 0 fully saturated rings. The normalized spacial score (nSPS) is 14.6. The van der Waals surface area contributed by atoms with Crippen molar-refractivity contribution in [1.29, 1.82) is 0 Å². The summed E-state index contributed by atoms with van der Waals surface area (Å²) in [6.07, 6.45) is 14.6. The van der Waals surface area contributed by atoms with Crippen LogP contribution in [-0.2, 0) is 6.42 Å². The quantitative estimate of drug-likeness (QED) is 0.193. The van der Waals surface area contributed by atoms with Gasteiger partial charge >= 0.3 is 0 Å². The number of unbranched alkanes of at least 4 members (excludes halogenated alkanes) is 5. The van der Waals surface area contributed by atoms with Crippen molar-refractivity contribution in [1.82, 2.24) is 0 Å². The second-order valence-corrected chi connectivity index (χ2v) is 13.3. The van der Waals surface area contributed by atoms with Crippen molar-refractivity contribution in [3.63, 3.8) is 0 Å². The van der Waals surface area contributed by atoms with Crippen molar-refractivity contribution in [3.8, 4) is 22.3 Å². The van der Waals surface area contributed by atoms with Gasteiger partial charge in [0.15, 0.2) is 0 Å². The summed E-state index contributed by atoms with van der Waals surface area (Å²) in [6.45, 7) is 11.3. The third kappa shape index (κ3) is 6.58. The standard InChI is InChI=1S/C35H46P/c1-6-7-8-9-10-12-15-33-34(31-18-16-26(2)22-28(31)4)24-30(36-20-13-11-14-21-36)25-35(33)32-19-17-27(3)23-29(32)5/h16-20,22-25H,6-15,21H2,1-5H3/q+1. The van der Waals surface area contributed by atoms with E-state index in [2.05, 4.69) is 88.9 Å². The van der Waals surface area contributed by atoms with E-state index in [4.69, 9.17) is 0 Å². The van der Waals surface area contributed by atoms with Crippen LogP contribution in [0.25, 0.3) is 22.3 Å². The minimum atomic E-state index is -0.172. The first-order valence-corrected chi connectivity index (χ1v) is 16.0. The van der Waals surface area contributed by atoms with Gasteiger partial charge in [-0.25, -0.2) is 0 Å². The summed E-state index contributed by atoms with van der Waals surface area (Å²) in [5.41, 5.74) is 12.9. The van der Waals surface area contributed by atoms with Crippen molar-refractivity contribution < 1.29 is 0 Å². The van der Waals surface area contributed by atoms with Gasteiger partial charge in [0.05, 0.1) is 5.80 Å². The second-order valence-electron chi connectivity index (χ2n) is 11.0. The first-order valence-electron chi connectivity index (χ1n) is 14.4. The molecule has 0 amide bonds. The minimum absolute atomic E-state index is 0.172. The van der Waals surface area contributed by atoms with E-state index in [-0.39, 0.29) is 7.55 Å². The van der Waals surface area contributed by atoms with Crippen LogP contribution in [-0.4, -0.2) is 12.0 Å². The fraction of sp³-hybridized carbons (Fsp3) is 0.457. The number of benzene rings is 3. The minimum Gasteiger partial charge on any atom is -0.0654 e. The van der Waals surface area contributed by atoms with Crippen LogP contribution in [0.15, 0.2) is 48.5 Å². The highest BCUT2D eigenvalue weighted by Gasteiger charge is 2.24. The zero-order valence-electron chi connectivity index (χ0n) is 23.4. The summed E-state index contributed by atoms with van der Waals surface area (Å²) >= 11 is 0. The number of hydrogen-bond donors (Lipinski definition) is 0. The molecule has 0 saturated heterocycles. The molecule has 0 aromatic heterocycles. The molecule has 1 unspecified atom stereocenters. The monoisotopic (exact) mass is 497 g/mol. The first-order chi connectivity index (χ1) is 17.5. The summed E-state index contributed by atoms with van der Waals surface area (Å²) in [7, 11) is -0.172. The third-order valence-electron chi connectivity index (χ3n) is 7.89. The molecule has 1 heterocycles. The molecule has 3 aromatic carbocycles. The molecule has 0 bridgehead atoms. The lowest BCUT2D eigenvalue weighted by Gasteiger charge is -2.20. The summed E-state index contributed by atoms with van der Waals surface area (Å²) in [6, 6.07) is 19.3. The van der Waals surface area contributed by atoms with Gasteiger partial charge in [-0.3, -0.25) is 0 Å². The summed E-state index contributed by atoms with van der Waals surface area (Å²) in [4.78, 5) is 0. The molecule has 1 atom stereocenters. The fourth-order valence-corrected chi connectivity index (χ4v) is 8.19. The smallest absolute Gasteiger partial charge is 0.0654 e. The summed E-state index contributed by atoms with van der Waals surface area (Å²) in [5.74, 6) is 2.65. The molecule has 0 aliphatic carbocycles. The number of rotatable bonds is 10. The predicted octanol–water partition coefficient (Wildman–Crippen LogP) is 10.3. The van der Waals surface area contributed by atoms with E-state index in [0.29, 0.717) is 0 Å². The average molecular weight is 498 g/mol. The van der Waals surface area contributed by atoms with Gasteiger partial charge in [0.1, 0.15) is 19.0 Å². The van der Waals surface area contributed by atoms with Crippen molar-refractivity contribution in [2.75, 3.05) is 6.16 Å². The van der Waals surface area contributed by atoms with E-state index in [1.165, 1.54) is 115 Å². The highest BCUT2D eigenvalue weighted by molar-refractivity contribution is 7.65. The molecule has 1 heteroatoms. The fourth-order valence-electron chi connectivity index (χ4n) is 5.89. The number of aryl methyl sites for hydroxylation is 4. The first kappa shape index (κ1) is 26.9. The van der Waals surface area contributed by atoms with Gasteiger partial charge in [-0.05, 0) is 104 Å². The van der Waals surface area contributed by atoms with Crippen molar-refractivity contribution in [2.45, 2.75) is 98.8 Å². The van der Waals surface area contributed by atoms with Crippen LogP contribution >= 0.6 is 7.55 Å².